The maximum Gasteiger partial charge on any atom is 0.407 e. The molecule has 6 heteroatoms. The van der Waals surface area contributed by atoms with Gasteiger partial charge in [-0.25, -0.2) is 4.79 Å². The van der Waals surface area contributed by atoms with Crippen LogP contribution in [0.5, 0.6) is 0 Å². The van der Waals surface area contributed by atoms with Gasteiger partial charge in [-0.1, -0.05) is 51.3 Å². The number of hydrogen-bond acceptors (Lipinski definition) is 3. The number of aromatic nitrogens is 1. The lowest BCUT2D eigenvalue weighted by atomic mass is 9.82. The Labute approximate surface area is 198 Å². The van der Waals surface area contributed by atoms with E-state index in [1.807, 2.05) is 26.8 Å². The molecule has 1 fully saturated rings. The largest absolute Gasteiger partial charge is 0.444 e. The molecule has 0 spiro atoms. The fraction of sp³-hybridized carbons (Fsp3) is 0.630. The number of aromatic amines is 1. The standard InChI is InChI=1S/C27H41N3O3/c1-18(15-19(2)17-29-26(32)33-27(3,4)5)16-28-25(31)24-23(20-11-7-6-8-12-20)21-13-9-10-14-22(21)30-24/h9-10,13-14,18-20,30H,6-8,11-12,15-17H2,1-5H3,(H,28,31)(H,29,32)/t18-,19?/m0/s1. The summed E-state index contributed by atoms with van der Waals surface area (Å²) in [7, 11) is 0. The molecule has 3 rings (SSSR count). The zero-order valence-corrected chi connectivity index (χ0v) is 20.9. The summed E-state index contributed by atoms with van der Waals surface area (Å²) in [4.78, 5) is 28.5. The second-order valence-electron chi connectivity index (χ2n) is 10.8. The maximum absolute atomic E-state index is 13.2. The van der Waals surface area contributed by atoms with Crippen LogP contribution in [0.1, 0.15) is 95.1 Å². The second kappa shape index (κ2) is 11.1. The molecule has 6 nitrogen and oxygen atoms in total. The molecule has 2 amide bonds. The van der Waals surface area contributed by atoms with Gasteiger partial charge in [-0.3, -0.25) is 4.79 Å². The Kier molecular flexibility index (Phi) is 8.44. The van der Waals surface area contributed by atoms with Crippen LogP contribution in [0.15, 0.2) is 24.3 Å². The molecular weight excluding hydrogens is 414 g/mol. The average molecular weight is 456 g/mol. The smallest absolute Gasteiger partial charge is 0.407 e. The van der Waals surface area contributed by atoms with Crippen LogP contribution in [0.25, 0.3) is 10.9 Å². The summed E-state index contributed by atoms with van der Waals surface area (Å²) >= 11 is 0. The summed E-state index contributed by atoms with van der Waals surface area (Å²) in [5.41, 5.74) is 2.47. The molecule has 2 atom stereocenters. The molecule has 1 unspecified atom stereocenters. The van der Waals surface area contributed by atoms with Crippen LogP contribution in [0.4, 0.5) is 4.79 Å². The van der Waals surface area contributed by atoms with Crippen molar-refractivity contribution in [2.75, 3.05) is 13.1 Å². The number of H-pyrrole nitrogens is 1. The number of amides is 2. The Bertz CT molecular complexity index is 938. The van der Waals surface area contributed by atoms with E-state index >= 15 is 0 Å². The van der Waals surface area contributed by atoms with E-state index in [9.17, 15) is 9.59 Å². The van der Waals surface area contributed by atoms with E-state index in [-0.39, 0.29) is 17.9 Å². The van der Waals surface area contributed by atoms with Crippen molar-refractivity contribution in [1.82, 2.24) is 15.6 Å². The predicted octanol–water partition coefficient (Wildman–Crippen LogP) is 6.13. The summed E-state index contributed by atoms with van der Waals surface area (Å²) in [6, 6.07) is 8.26. The minimum absolute atomic E-state index is 0.0156. The highest BCUT2D eigenvalue weighted by atomic mass is 16.6. The van der Waals surface area contributed by atoms with Gasteiger partial charge in [0, 0.05) is 24.0 Å². The number of benzene rings is 1. The monoisotopic (exact) mass is 455 g/mol. The summed E-state index contributed by atoms with van der Waals surface area (Å²) in [6.45, 7) is 11.0. The third-order valence-corrected chi connectivity index (χ3v) is 6.40. The van der Waals surface area contributed by atoms with Gasteiger partial charge >= 0.3 is 6.09 Å². The summed E-state index contributed by atoms with van der Waals surface area (Å²) in [6.07, 6.45) is 6.58. The van der Waals surface area contributed by atoms with E-state index < -0.39 is 5.60 Å². The zero-order valence-electron chi connectivity index (χ0n) is 20.9. The van der Waals surface area contributed by atoms with Crippen molar-refractivity contribution in [3.63, 3.8) is 0 Å². The number of ether oxygens (including phenoxy) is 1. The van der Waals surface area contributed by atoms with Gasteiger partial charge in [0.05, 0.1) is 0 Å². The molecule has 0 saturated heterocycles. The topological polar surface area (TPSA) is 83.2 Å². The Morgan fingerprint density at radius 2 is 1.67 bits per heavy atom. The number of para-hydroxylation sites is 1. The first-order chi connectivity index (χ1) is 15.6. The van der Waals surface area contributed by atoms with Crippen molar-refractivity contribution >= 4 is 22.9 Å². The summed E-state index contributed by atoms with van der Waals surface area (Å²) in [5.74, 6) is 1.02. The lowest BCUT2D eigenvalue weighted by molar-refractivity contribution is 0.0518. The normalized spacial score (nSPS) is 16.9. The molecule has 1 heterocycles. The van der Waals surface area contributed by atoms with E-state index in [0.29, 0.717) is 24.9 Å². The van der Waals surface area contributed by atoms with Crippen LogP contribution in [0, 0.1) is 11.8 Å². The number of carbonyl (C=O) groups is 2. The third kappa shape index (κ3) is 7.24. The Balaban J connectivity index is 1.55. The van der Waals surface area contributed by atoms with Gasteiger partial charge in [0.15, 0.2) is 0 Å². The van der Waals surface area contributed by atoms with Gasteiger partial charge in [-0.2, -0.15) is 0 Å². The van der Waals surface area contributed by atoms with Gasteiger partial charge < -0.3 is 20.4 Å². The minimum atomic E-state index is -0.496. The summed E-state index contributed by atoms with van der Waals surface area (Å²) in [5, 5.41) is 7.18. The van der Waals surface area contributed by atoms with Crippen LogP contribution < -0.4 is 10.6 Å². The highest BCUT2D eigenvalue weighted by Crippen LogP contribution is 2.38. The van der Waals surface area contributed by atoms with Gasteiger partial charge in [0.2, 0.25) is 0 Å². The van der Waals surface area contributed by atoms with E-state index in [1.54, 1.807) is 0 Å². The van der Waals surface area contributed by atoms with Crippen LogP contribution in [0.3, 0.4) is 0 Å². The molecule has 3 N–H and O–H groups in total. The van der Waals surface area contributed by atoms with Crippen LogP contribution in [0.2, 0.25) is 0 Å². The van der Waals surface area contributed by atoms with Gasteiger partial charge in [0.25, 0.3) is 5.91 Å². The number of carbonyl (C=O) groups excluding carboxylic acids is 2. The molecule has 0 radical (unpaired) electrons. The molecule has 33 heavy (non-hydrogen) atoms. The fourth-order valence-electron chi connectivity index (χ4n) is 4.94. The zero-order chi connectivity index (χ0) is 24.0. The molecule has 1 aliphatic rings. The lowest BCUT2D eigenvalue weighted by Crippen LogP contribution is -2.36. The number of hydrogen-bond donors (Lipinski definition) is 3. The molecule has 2 aromatic rings. The first kappa shape index (κ1) is 25.1. The van der Waals surface area contributed by atoms with E-state index in [0.717, 1.165) is 30.5 Å². The van der Waals surface area contributed by atoms with Crippen LogP contribution in [-0.4, -0.2) is 35.7 Å². The van der Waals surface area contributed by atoms with E-state index in [4.69, 9.17) is 4.74 Å². The number of rotatable bonds is 8. The van der Waals surface area contributed by atoms with Crippen molar-refractivity contribution in [3.8, 4) is 0 Å². The molecule has 1 aromatic carbocycles. The highest BCUT2D eigenvalue weighted by molar-refractivity contribution is 6.01. The fourth-order valence-corrected chi connectivity index (χ4v) is 4.94. The van der Waals surface area contributed by atoms with Crippen molar-refractivity contribution in [3.05, 3.63) is 35.5 Å². The lowest BCUT2D eigenvalue weighted by Gasteiger charge is -2.23. The van der Waals surface area contributed by atoms with Gasteiger partial charge in [-0.05, 0) is 69.4 Å². The molecule has 0 bridgehead atoms. The SMILES string of the molecule is CC(CNC(=O)OC(C)(C)C)C[C@H](C)CNC(=O)c1[nH]c2ccccc2c1C1CCCCC1. The molecular formula is C27H41N3O3. The Morgan fingerprint density at radius 3 is 2.33 bits per heavy atom. The molecule has 1 saturated carbocycles. The quantitative estimate of drug-likeness (QED) is 0.447. The highest BCUT2D eigenvalue weighted by Gasteiger charge is 2.26. The maximum atomic E-state index is 13.2. The van der Waals surface area contributed by atoms with Crippen molar-refractivity contribution in [2.45, 2.75) is 84.7 Å². The number of alkyl carbamates (subject to hydrolysis) is 1. The van der Waals surface area contributed by atoms with Crippen LogP contribution in [-0.2, 0) is 4.74 Å². The minimum Gasteiger partial charge on any atom is -0.444 e. The predicted molar refractivity (Wildman–Crippen MR) is 134 cm³/mol. The number of nitrogens with one attached hydrogen (secondary N) is 3. The van der Waals surface area contributed by atoms with Crippen molar-refractivity contribution in [1.29, 1.82) is 0 Å². The van der Waals surface area contributed by atoms with E-state index in [1.165, 1.54) is 30.2 Å². The second-order valence-corrected chi connectivity index (χ2v) is 10.8. The molecule has 1 aliphatic carbocycles. The average Bonchev–Trinajstić information content (AvgIpc) is 3.15. The van der Waals surface area contributed by atoms with Gasteiger partial charge in [0.1, 0.15) is 11.3 Å². The Morgan fingerprint density at radius 1 is 1.03 bits per heavy atom. The molecule has 182 valence electrons. The summed E-state index contributed by atoms with van der Waals surface area (Å²) < 4.78 is 5.30. The molecule has 1 aromatic heterocycles. The van der Waals surface area contributed by atoms with Crippen LogP contribution >= 0.6 is 0 Å². The Hall–Kier alpha value is -2.50. The van der Waals surface area contributed by atoms with Gasteiger partial charge in [-0.15, -0.1) is 0 Å². The van der Waals surface area contributed by atoms with Crippen molar-refractivity contribution < 1.29 is 14.3 Å². The van der Waals surface area contributed by atoms with E-state index in [2.05, 4.69) is 47.7 Å². The first-order valence-corrected chi connectivity index (χ1v) is 12.5. The first-order valence-electron chi connectivity index (χ1n) is 12.5. The third-order valence-electron chi connectivity index (χ3n) is 6.40. The van der Waals surface area contributed by atoms with Crippen molar-refractivity contribution in [2.24, 2.45) is 11.8 Å². The molecule has 0 aliphatic heterocycles. The number of fused-ring (bicyclic) bond motifs is 1.